The van der Waals surface area contributed by atoms with Gasteiger partial charge < -0.3 is 5.11 Å². The van der Waals surface area contributed by atoms with Gasteiger partial charge in [0.05, 0.1) is 27.5 Å². The van der Waals surface area contributed by atoms with Gasteiger partial charge in [-0.2, -0.15) is 43.6 Å². The minimum absolute atomic E-state index is 0.0123. The number of aromatic carboxylic acids is 1. The first-order valence-electron chi connectivity index (χ1n) is 20.0. The maximum Gasteiger partial charge on any atom is 0.338 e. The van der Waals surface area contributed by atoms with Gasteiger partial charge in [-0.1, -0.05) is 60.7 Å². The average molecular weight is 1030 g/mol. The van der Waals surface area contributed by atoms with Crippen LogP contribution in [0, 0.1) is 0 Å². The van der Waals surface area contributed by atoms with Crippen molar-refractivity contribution in [2.45, 2.75) is 26.5 Å². The van der Waals surface area contributed by atoms with Gasteiger partial charge in [0.1, 0.15) is 42.4 Å². The molecule has 5 N–H and O–H groups in total. The zero-order valence-corrected chi connectivity index (χ0v) is 38.3. The lowest BCUT2D eigenvalue weighted by molar-refractivity contribution is 0.0697. The molecule has 27 heteroatoms. The first kappa shape index (κ1) is 44.5. The van der Waals surface area contributed by atoms with E-state index in [4.69, 9.17) is 0 Å². The van der Waals surface area contributed by atoms with Crippen LogP contribution in [0.25, 0.3) is 67.1 Å². The Bertz CT molecular complexity index is 4660. The van der Waals surface area contributed by atoms with Crippen molar-refractivity contribution in [1.29, 1.82) is 0 Å². The van der Waals surface area contributed by atoms with Crippen LogP contribution in [0.4, 0.5) is 11.4 Å². The lowest BCUT2D eigenvalue weighted by atomic mass is 10.0. The van der Waals surface area contributed by atoms with Crippen LogP contribution in [0.1, 0.15) is 38.8 Å². The minimum atomic E-state index is -5.03. The van der Waals surface area contributed by atoms with E-state index >= 15 is 0 Å². The Morgan fingerprint density at radius 2 is 1.14 bits per heavy atom. The van der Waals surface area contributed by atoms with Gasteiger partial charge in [-0.15, -0.1) is 28.4 Å². The van der Waals surface area contributed by atoms with Crippen LogP contribution in [-0.2, 0) is 40.5 Å². The predicted molar refractivity (Wildman–Crippen MR) is 249 cm³/mol. The number of carboxylic acids is 1. The summed E-state index contributed by atoms with van der Waals surface area (Å²) in [6.07, 6.45) is 2.31. The van der Waals surface area contributed by atoms with Crippen molar-refractivity contribution in [3.05, 3.63) is 131 Å². The van der Waals surface area contributed by atoms with Crippen LogP contribution in [0.15, 0.2) is 139 Å². The highest BCUT2D eigenvalue weighted by Gasteiger charge is 2.32. The molecule has 0 aliphatic rings. The second kappa shape index (κ2) is 14.7. The quantitative estimate of drug-likeness (QED) is 0.0358. The molecule has 11 aromatic rings. The van der Waals surface area contributed by atoms with Crippen molar-refractivity contribution in [2.24, 2.45) is 10.2 Å². The number of hydrogen-bond acceptors (Lipinski definition) is 12. The van der Waals surface area contributed by atoms with E-state index in [1.54, 1.807) is 44.2 Å². The fourth-order valence-electron chi connectivity index (χ4n) is 8.60. The predicted octanol–water partition coefficient (Wildman–Crippen LogP) is 6.93. The van der Waals surface area contributed by atoms with E-state index in [-0.39, 0.29) is 54.6 Å². The molecule has 70 heavy (non-hydrogen) atoms. The van der Waals surface area contributed by atoms with Crippen molar-refractivity contribution in [3.8, 4) is 11.4 Å². The van der Waals surface area contributed by atoms with E-state index in [1.807, 2.05) is 0 Å². The first-order chi connectivity index (χ1) is 32.9. The molecule has 7 aromatic carbocycles. The molecule has 0 bridgehead atoms. The van der Waals surface area contributed by atoms with Gasteiger partial charge in [-0.3, -0.25) is 23.0 Å². The molecule has 4 aromatic heterocycles. The van der Waals surface area contributed by atoms with Crippen molar-refractivity contribution in [3.63, 3.8) is 0 Å². The van der Waals surface area contributed by atoms with Gasteiger partial charge in [-0.05, 0) is 84.1 Å². The first-order valence-corrected chi connectivity index (χ1v) is 25.8. The van der Waals surface area contributed by atoms with Crippen molar-refractivity contribution in [2.75, 3.05) is 0 Å². The molecule has 0 fully saturated rings. The normalized spacial score (nSPS) is 13.4. The van der Waals surface area contributed by atoms with Crippen LogP contribution < -0.4 is 0 Å². The van der Waals surface area contributed by atoms with Crippen LogP contribution in [-0.4, -0.2) is 96.9 Å². The topological polar surface area (TPSA) is 324 Å². The van der Waals surface area contributed by atoms with E-state index in [9.17, 15) is 66.6 Å². The molecule has 0 radical (unpaired) electrons. The van der Waals surface area contributed by atoms with Gasteiger partial charge >= 0.3 is 5.97 Å². The molecule has 0 unspecified atom stereocenters. The van der Waals surface area contributed by atoms with Crippen LogP contribution in [0.5, 0.6) is 0 Å². The largest absolute Gasteiger partial charge is 0.478 e. The molecule has 0 saturated heterocycles. The van der Waals surface area contributed by atoms with E-state index < -0.39 is 67.6 Å². The Hall–Kier alpha value is -8.02. The number of hydrogen-bond donors (Lipinski definition) is 5. The third kappa shape index (κ3) is 6.97. The summed E-state index contributed by atoms with van der Waals surface area (Å²) in [5, 5.41) is 20.1. The maximum absolute atomic E-state index is 13.0. The fourth-order valence-corrected chi connectivity index (χ4v) is 11.2. The molecular formula is C43H28N8O15S4. The highest BCUT2D eigenvalue weighted by atomic mass is 32.2. The standard InChI is InChI=1S/C43H28N8O15S4/c1-22(52)32-19-34(33(43(53)54)20-36(32)48-47-35-15-10-25-16-28(67(55,56)57)13-14-29(25)41(35)51(47)48)45-44-26-11-8-23(38(17-26)68(58,59)60)6-7-24-9-12-27(18-39(24)69(61,62)63)46-49-37-21-40(70(64,65)66)30-4-2-3-5-31(30)42(37)50(46)49/h2-21H,1H3,(H,53,54)(H,55,56,57)(H,58,59,60)(H,61,62,63)(H,64,65,66)/b7-6-,45-44?. The lowest BCUT2D eigenvalue weighted by Crippen LogP contribution is -2.05. The van der Waals surface area contributed by atoms with Gasteiger partial charge in [0.15, 0.2) is 5.78 Å². The van der Waals surface area contributed by atoms with Crippen LogP contribution >= 0.6 is 0 Å². The molecule has 0 aliphatic heterocycles. The smallest absolute Gasteiger partial charge is 0.338 e. The summed E-state index contributed by atoms with van der Waals surface area (Å²) in [4.78, 5) is 26.7. The van der Waals surface area contributed by atoms with Crippen LogP contribution in [0.2, 0.25) is 0 Å². The summed E-state index contributed by atoms with van der Waals surface area (Å²) in [5.41, 5.74) is 1.35. The molecule has 4 heterocycles. The number of benzene rings is 7. The maximum atomic E-state index is 13.0. The third-order valence-corrected chi connectivity index (χ3v) is 15.3. The van der Waals surface area contributed by atoms with Crippen molar-refractivity contribution < 1.29 is 66.6 Å². The number of ketones is 1. The van der Waals surface area contributed by atoms with E-state index in [0.29, 0.717) is 38.2 Å². The Kier molecular flexibility index (Phi) is 9.37. The molecule has 0 amide bonds. The fraction of sp³-hybridized carbons (Fsp3) is 0.0233. The second-order valence-corrected chi connectivity index (χ2v) is 21.6. The number of nitrogens with zero attached hydrogens (tertiary/aromatic N) is 8. The highest BCUT2D eigenvalue weighted by molar-refractivity contribution is 7.86. The van der Waals surface area contributed by atoms with Crippen molar-refractivity contribution >= 4 is 119 Å². The summed E-state index contributed by atoms with van der Waals surface area (Å²) < 4.78 is 145. The summed E-state index contributed by atoms with van der Waals surface area (Å²) in [7, 11) is -19.1. The summed E-state index contributed by atoms with van der Waals surface area (Å²) in [6.45, 7) is 1.24. The molecule has 0 spiro atoms. The number of carbonyl (C=O) groups excluding carboxylic acids is 1. The third-order valence-electron chi connectivity index (χ3n) is 11.8. The minimum Gasteiger partial charge on any atom is -0.478 e. The Morgan fingerprint density at radius 3 is 1.79 bits per heavy atom. The van der Waals surface area contributed by atoms with E-state index in [1.165, 1.54) is 87.9 Å². The second-order valence-electron chi connectivity index (χ2n) is 16.0. The number of carbonyl (C=O) groups is 2. The summed E-state index contributed by atoms with van der Waals surface area (Å²) >= 11 is 0. The molecule has 0 saturated carbocycles. The molecular weight excluding hydrogens is 997 g/mol. The van der Waals surface area contributed by atoms with Crippen molar-refractivity contribution in [1.82, 2.24) is 28.1 Å². The molecule has 354 valence electrons. The zero-order valence-electron chi connectivity index (χ0n) is 35.1. The van der Waals surface area contributed by atoms with Gasteiger partial charge in [-0.25, -0.2) is 4.79 Å². The van der Waals surface area contributed by atoms with Crippen LogP contribution in [0.3, 0.4) is 0 Å². The highest BCUT2D eigenvalue weighted by Crippen LogP contribution is 2.39. The molecule has 0 atom stereocenters. The number of fused-ring (bicyclic) bond motifs is 12. The zero-order chi connectivity index (χ0) is 49.7. The SMILES string of the molecule is CC(=O)c1cc(N=Nc2ccc(/C=C\c3ccc(-n4n5c6cc(S(=O)(=O)O)c7ccccc7c6n45)cc3S(=O)(=O)O)c(S(=O)(=O)O)c2)c(C(=O)O)cc1-n1n2c3ccc4cc(S(=O)(=O)O)ccc4c3n12. The lowest BCUT2D eigenvalue weighted by Gasteiger charge is -2.08. The number of carboxylic acid groups (broad SMARTS) is 1. The molecule has 11 rings (SSSR count). The van der Waals surface area contributed by atoms with E-state index in [0.717, 1.165) is 24.3 Å². The monoisotopic (exact) mass is 1020 g/mol. The van der Waals surface area contributed by atoms with E-state index in [2.05, 4.69) is 10.2 Å². The average Bonchev–Trinajstić information content (AvgIpc) is 4.15. The number of aromatic nitrogens is 6. The van der Waals surface area contributed by atoms with Gasteiger partial charge in [0.2, 0.25) is 0 Å². The number of azo groups is 1. The molecule has 0 aliphatic carbocycles. The Labute approximate surface area is 391 Å². The summed E-state index contributed by atoms with van der Waals surface area (Å²) in [6, 6.07) is 24.7. The Morgan fingerprint density at radius 1 is 0.529 bits per heavy atom. The number of Topliss-reactive ketones (excluding diaryl/α,β-unsaturated/α-hetero) is 1. The number of rotatable bonds is 12. The molecule has 23 nitrogen and oxygen atoms in total. The Balaban J connectivity index is 0.918. The summed E-state index contributed by atoms with van der Waals surface area (Å²) in [5.74, 6) is -1.96. The van der Waals surface area contributed by atoms with Gasteiger partial charge in [0, 0.05) is 21.7 Å². The van der Waals surface area contributed by atoms with Gasteiger partial charge in [0.25, 0.3) is 40.5 Å².